The highest BCUT2D eigenvalue weighted by Gasteiger charge is 2.41. The van der Waals surface area contributed by atoms with Crippen molar-refractivity contribution < 1.29 is 9.21 Å². The van der Waals surface area contributed by atoms with Crippen LogP contribution in [0.2, 0.25) is 0 Å². The van der Waals surface area contributed by atoms with E-state index < -0.39 is 0 Å². The number of piperidine rings is 1. The van der Waals surface area contributed by atoms with Crippen molar-refractivity contribution in [2.45, 2.75) is 52.0 Å². The van der Waals surface area contributed by atoms with Gasteiger partial charge in [0.25, 0.3) is 5.91 Å². The van der Waals surface area contributed by atoms with Gasteiger partial charge in [-0.05, 0) is 57.8 Å². The summed E-state index contributed by atoms with van der Waals surface area (Å²) in [5.74, 6) is 1.63. The van der Waals surface area contributed by atoms with Crippen LogP contribution in [0.5, 0.6) is 0 Å². The second-order valence-electron chi connectivity index (χ2n) is 8.15. The van der Waals surface area contributed by atoms with Crippen LogP contribution in [0.15, 0.2) is 10.5 Å². The molecule has 138 valence electrons. The molecule has 3 saturated heterocycles. The van der Waals surface area contributed by atoms with E-state index in [1.54, 1.807) is 0 Å². The van der Waals surface area contributed by atoms with Gasteiger partial charge in [-0.15, -0.1) is 0 Å². The number of hydrogen-bond acceptors (Lipinski definition) is 4. The first kappa shape index (κ1) is 17.1. The summed E-state index contributed by atoms with van der Waals surface area (Å²) in [5.41, 5.74) is 1.51. The molecule has 3 fully saturated rings. The second-order valence-corrected chi connectivity index (χ2v) is 8.15. The Morgan fingerprint density at radius 2 is 2.08 bits per heavy atom. The molecule has 1 atom stereocenters. The summed E-state index contributed by atoms with van der Waals surface area (Å²) >= 11 is 0. The van der Waals surface area contributed by atoms with Crippen LogP contribution in [-0.2, 0) is 13.0 Å². The molecule has 5 heteroatoms. The highest BCUT2D eigenvalue weighted by atomic mass is 16.4. The number of nitrogens with one attached hydrogen (secondary N) is 1. The molecule has 0 radical (unpaired) electrons. The molecule has 1 N–H and O–H groups in total. The predicted molar refractivity (Wildman–Crippen MR) is 97.7 cm³/mol. The lowest BCUT2D eigenvalue weighted by molar-refractivity contribution is 0.0731. The number of nitrogens with zero attached hydrogens (tertiary/aromatic N) is 2. The Kier molecular flexibility index (Phi) is 4.87. The van der Waals surface area contributed by atoms with Gasteiger partial charge in [0.2, 0.25) is 0 Å². The highest BCUT2D eigenvalue weighted by molar-refractivity contribution is 5.92. The third-order valence-corrected chi connectivity index (χ3v) is 6.31. The van der Waals surface area contributed by atoms with Gasteiger partial charge in [0.05, 0.1) is 0 Å². The first-order valence-corrected chi connectivity index (χ1v) is 10.0. The van der Waals surface area contributed by atoms with Gasteiger partial charge in [-0.3, -0.25) is 9.69 Å². The molecule has 1 aromatic rings. The van der Waals surface area contributed by atoms with Gasteiger partial charge in [-0.1, -0.05) is 6.92 Å². The molecule has 1 spiro atoms. The third-order valence-electron chi connectivity index (χ3n) is 6.31. The number of hydrogen-bond donors (Lipinski definition) is 1. The van der Waals surface area contributed by atoms with E-state index in [2.05, 4.69) is 17.1 Å². The Balaban J connectivity index is 1.45. The van der Waals surface area contributed by atoms with Gasteiger partial charge in [-0.2, -0.15) is 0 Å². The Hall–Kier alpha value is -1.33. The van der Waals surface area contributed by atoms with E-state index in [1.165, 1.54) is 44.3 Å². The van der Waals surface area contributed by atoms with Crippen molar-refractivity contribution in [2.24, 2.45) is 5.41 Å². The zero-order chi connectivity index (χ0) is 17.3. The maximum Gasteiger partial charge on any atom is 0.289 e. The molecule has 4 rings (SSSR count). The SMILES string of the molecule is CCc1oc(C(=O)N2CCC3(CCCNC3)C2)cc1CN1CCCC1. The van der Waals surface area contributed by atoms with Crippen LogP contribution in [0.4, 0.5) is 0 Å². The number of amides is 1. The second kappa shape index (κ2) is 7.12. The van der Waals surface area contributed by atoms with Crippen molar-refractivity contribution in [2.75, 3.05) is 39.3 Å². The molecule has 5 nitrogen and oxygen atoms in total. The minimum absolute atomic E-state index is 0.0878. The highest BCUT2D eigenvalue weighted by Crippen LogP contribution is 2.37. The topological polar surface area (TPSA) is 48.7 Å². The Morgan fingerprint density at radius 1 is 1.24 bits per heavy atom. The smallest absolute Gasteiger partial charge is 0.289 e. The molecule has 25 heavy (non-hydrogen) atoms. The number of likely N-dealkylation sites (tertiary alicyclic amines) is 2. The van der Waals surface area contributed by atoms with Crippen molar-refractivity contribution >= 4 is 5.91 Å². The minimum atomic E-state index is 0.0878. The van der Waals surface area contributed by atoms with Gasteiger partial charge in [0, 0.05) is 43.6 Å². The van der Waals surface area contributed by atoms with Crippen LogP contribution in [0.1, 0.15) is 60.9 Å². The molecule has 3 aliphatic heterocycles. The zero-order valence-electron chi connectivity index (χ0n) is 15.5. The van der Waals surface area contributed by atoms with Crippen molar-refractivity contribution in [1.29, 1.82) is 0 Å². The summed E-state index contributed by atoms with van der Waals surface area (Å²) in [7, 11) is 0. The van der Waals surface area contributed by atoms with E-state index in [4.69, 9.17) is 4.42 Å². The number of carbonyl (C=O) groups excluding carboxylic acids is 1. The van der Waals surface area contributed by atoms with Crippen molar-refractivity contribution in [3.05, 3.63) is 23.2 Å². The molecule has 1 aromatic heterocycles. The van der Waals surface area contributed by atoms with Crippen LogP contribution >= 0.6 is 0 Å². The molecule has 1 unspecified atom stereocenters. The molecule has 0 saturated carbocycles. The number of furan rings is 1. The largest absolute Gasteiger partial charge is 0.456 e. The third kappa shape index (κ3) is 3.49. The van der Waals surface area contributed by atoms with Crippen LogP contribution in [-0.4, -0.2) is 55.0 Å². The van der Waals surface area contributed by atoms with Crippen LogP contribution < -0.4 is 5.32 Å². The molecule has 3 aliphatic rings. The van der Waals surface area contributed by atoms with Gasteiger partial charge in [0.15, 0.2) is 5.76 Å². The first-order chi connectivity index (χ1) is 12.2. The molecule has 0 aromatic carbocycles. The van der Waals surface area contributed by atoms with Crippen molar-refractivity contribution in [1.82, 2.24) is 15.1 Å². The molecule has 4 heterocycles. The Bertz CT molecular complexity index is 612. The van der Waals surface area contributed by atoms with Gasteiger partial charge < -0.3 is 14.6 Å². The molecule has 0 aliphatic carbocycles. The maximum absolute atomic E-state index is 13.0. The number of rotatable bonds is 4. The van der Waals surface area contributed by atoms with E-state index >= 15 is 0 Å². The fraction of sp³-hybridized carbons (Fsp3) is 0.750. The van der Waals surface area contributed by atoms with E-state index in [9.17, 15) is 4.79 Å². The lowest BCUT2D eigenvalue weighted by Gasteiger charge is -2.33. The normalized spacial score (nSPS) is 27.5. The average Bonchev–Trinajstić information content (AvgIpc) is 3.36. The quantitative estimate of drug-likeness (QED) is 0.911. The lowest BCUT2D eigenvalue weighted by atomic mass is 9.80. The van der Waals surface area contributed by atoms with E-state index in [0.717, 1.165) is 51.3 Å². The van der Waals surface area contributed by atoms with Gasteiger partial charge in [-0.25, -0.2) is 0 Å². The Labute approximate surface area is 150 Å². The summed E-state index contributed by atoms with van der Waals surface area (Å²) in [6.45, 7) is 9.28. The molecule has 0 bridgehead atoms. The maximum atomic E-state index is 13.0. The van der Waals surface area contributed by atoms with Crippen LogP contribution in [0.3, 0.4) is 0 Å². The molecular formula is C20H31N3O2. The number of carbonyl (C=O) groups is 1. The Morgan fingerprint density at radius 3 is 2.80 bits per heavy atom. The van der Waals surface area contributed by atoms with Gasteiger partial charge >= 0.3 is 0 Å². The summed E-state index contributed by atoms with van der Waals surface area (Å²) in [6, 6.07) is 2.02. The summed E-state index contributed by atoms with van der Waals surface area (Å²) < 4.78 is 5.99. The molecule has 1 amide bonds. The zero-order valence-corrected chi connectivity index (χ0v) is 15.5. The summed E-state index contributed by atoms with van der Waals surface area (Å²) in [6.07, 6.45) is 7.01. The first-order valence-electron chi connectivity index (χ1n) is 10.0. The van der Waals surface area contributed by atoms with Crippen LogP contribution in [0.25, 0.3) is 0 Å². The standard InChI is InChI=1S/C20H31N3O2/c1-2-17-16(13-22-9-3-4-10-22)12-18(25-17)19(24)23-11-7-20(15-23)6-5-8-21-14-20/h12,21H,2-11,13-15H2,1H3. The van der Waals surface area contributed by atoms with Crippen molar-refractivity contribution in [3.63, 3.8) is 0 Å². The monoisotopic (exact) mass is 345 g/mol. The summed E-state index contributed by atoms with van der Waals surface area (Å²) in [4.78, 5) is 17.5. The summed E-state index contributed by atoms with van der Waals surface area (Å²) in [5, 5.41) is 3.51. The fourth-order valence-electron chi connectivity index (χ4n) is 4.83. The molecular weight excluding hydrogens is 314 g/mol. The minimum Gasteiger partial charge on any atom is -0.456 e. The van der Waals surface area contributed by atoms with Gasteiger partial charge in [0.1, 0.15) is 5.76 Å². The van der Waals surface area contributed by atoms with Crippen LogP contribution in [0, 0.1) is 5.41 Å². The predicted octanol–water partition coefficient (Wildman–Crippen LogP) is 2.65. The van der Waals surface area contributed by atoms with E-state index in [0.29, 0.717) is 11.2 Å². The fourth-order valence-corrected chi connectivity index (χ4v) is 4.83. The average molecular weight is 345 g/mol. The van der Waals surface area contributed by atoms with E-state index in [-0.39, 0.29) is 5.91 Å². The number of aryl methyl sites for hydroxylation is 1. The lowest BCUT2D eigenvalue weighted by Crippen LogP contribution is -2.42. The van der Waals surface area contributed by atoms with Crippen molar-refractivity contribution in [3.8, 4) is 0 Å². The van der Waals surface area contributed by atoms with E-state index in [1.807, 2.05) is 11.0 Å².